The quantitative estimate of drug-likeness (QED) is 0.420. The Morgan fingerprint density at radius 3 is 1.92 bits per heavy atom. The van der Waals surface area contributed by atoms with Crippen molar-refractivity contribution in [3.05, 3.63) is 0 Å². The highest BCUT2D eigenvalue weighted by Crippen LogP contribution is 2.10. The number of thioether (sulfide) groups is 1. The van der Waals surface area contributed by atoms with Gasteiger partial charge in [-0.25, -0.2) is 0 Å². The first-order chi connectivity index (χ1) is 6.41. The molecule has 0 aromatic rings. The zero-order valence-electron chi connectivity index (χ0n) is 8.93. The Morgan fingerprint density at radius 2 is 1.38 bits per heavy atom. The van der Waals surface area contributed by atoms with Crippen molar-refractivity contribution in [2.24, 2.45) is 0 Å². The largest absolute Gasteiger partial charge is 0.179 e. The zero-order chi connectivity index (χ0) is 9.78. The maximum absolute atomic E-state index is 4.20. The molecule has 13 heavy (non-hydrogen) atoms. The van der Waals surface area contributed by atoms with E-state index in [2.05, 4.69) is 31.3 Å². The molecule has 0 radical (unpaired) electrons. The Kier molecular flexibility index (Phi) is 13.4. The minimum Gasteiger partial charge on any atom is -0.179 e. The standard InChI is InChI=1S/C11H24S2/c1-2-13-11-9-7-5-3-4-6-8-10-12/h12H,2-11H2,1H3. The van der Waals surface area contributed by atoms with Crippen LogP contribution < -0.4 is 0 Å². The molecule has 0 unspecified atom stereocenters. The molecule has 0 saturated carbocycles. The lowest BCUT2D eigenvalue weighted by Crippen LogP contribution is -1.83. The molecule has 0 rings (SSSR count). The topological polar surface area (TPSA) is 0 Å². The van der Waals surface area contributed by atoms with Gasteiger partial charge in [-0.2, -0.15) is 24.4 Å². The van der Waals surface area contributed by atoms with Crippen LogP contribution in [0.1, 0.15) is 51.9 Å². The van der Waals surface area contributed by atoms with Crippen LogP contribution in [-0.4, -0.2) is 17.3 Å². The highest BCUT2D eigenvalue weighted by Gasteiger charge is 1.91. The van der Waals surface area contributed by atoms with Gasteiger partial charge in [-0.15, -0.1) is 0 Å². The third-order valence-corrected chi connectivity index (χ3v) is 3.45. The zero-order valence-corrected chi connectivity index (χ0v) is 10.6. The van der Waals surface area contributed by atoms with Crippen LogP contribution in [0.5, 0.6) is 0 Å². The summed E-state index contributed by atoms with van der Waals surface area (Å²) >= 11 is 6.27. The van der Waals surface area contributed by atoms with E-state index < -0.39 is 0 Å². The summed E-state index contributed by atoms with van der Waals surface area (Å²) in [7, 11) is 0. The van der Waals surface area contributed by atoms with Gasteiger partial charge in [0.1, 0.15) is 0 Å². The van der Waals surface area contributed by atoms with Gasteiger partial charge in [-0.1, -0.05) is 39.0 Å². The summed E-state index contributed by atoms with van der Waals surface area (Å²) in [5.41, 5.74) is 0. The Morgan fingerprint density at radius 1 is 0.846 bits per heavy atom. The summed E-state index contributed by atoms with van der Waals surface area (Å²) in [5.74, 6) is 3.71. The second kappa shape index (κ2) is 12.7. The molecule has 0 bridgehead atoms. The van der Waals surface area contributed by atoms with Crippen LogP contribution in [0.3, 0.4) is 0 Å². The smallest absolute Gasteiger partial charge is 0.00676 e. The first-order valence-corrected chi connectivity index (χ1v) is 7.39. The molecule has 0 nitrogen and oxygen atoms in total. The van der Waals surface area contributed by atoms with Crippen molar-refractivity contribution >= 4 is 24.4 Å². The average molecular weight is 220 g/mol. The van der Waals surface area contributed by atoms with E-state index in [4.69, 9.17) is 0 Å². The summed E-state index contributed by atoms with van der Waals surface area (Å²) < 4.78 is 0. The minimum absolute atomic E-state index is 1.06. The van der Waals surface area contributed by atoms with E-state index in [1.54, 1.807) is 0 Å². The van der Waals surface area contributed by atoms with Crippen molar-refractivity contribution in [3.8, 4) is 0 Å². The molecular formula is C11H24S2. The molecule has 0 aliphatic heterocycles. The molecule has 80 valence electrons. The molecular weight excluding hydrogens is 196 g/mol. The fourth-order valence-corrected chi connectivity index (χ4v) is 2.26. The Bertz CT molecular complexity index is 74.2. The lowest BCUT2D eigenvalue weighted by atomic mass is 10.1. The van der Waals surface area contributed by atoms with Crippen LogP contribution in [0.2, 0.25) is 0 Å². The van der Waals surface area contributed by atoms with E-state index in [0.29, 0.717) is 0 Å². The van der Waals surface area contributed by atoms with Crippen molar-refractivity contribution in [1.29, 1.82) is 0 Å². The van der Waals surface area contributed by atoms with Crippen molar-refractivity contribution in [3.63, 3.8) is 0 Å². The molecule has 0 amide bonds. The average Bonchev–Trinajstić information content (AvgIpc) is 2.16. The molecule has 0 saturated heterocycles. The van der Waals surface area contributed by atoms with Gasteiger partial charge in [0.15, 0.2) is 0 Å². The molecule has 0 aliphatic rings. The van der Waals surface area contributed by atoms with Gasteiger partial charge in [0.05, 0.1) is 0 Å². The maximum atomic E-state index is 4.20. The van der Waals surface area contributed by atoms with E-state index in [0.717, 1.165) is 5.75 Å². The van der Waals surface area contributed by atoms with E-state index in [-0.39, 0.29) is 0 Å². The third-order valence-electron chi connectivity index (χ3n) is 2.15. The number of hydrogen-bond acceptors (Lipinski definition) is 2. The van der Waals surface area contributed by atoms with Gasteiger partial charge in [-0.3, -0.25) is 0 Å². The normalized spacial score (nSPS) is 10.6. The Hall–Kier alpha value is 0.700. The lowest BCUT2D eigenvalue weighted by Gasteiger charge is -2.00. The summed E-state index contributed by atoms with van der Waals surface area (Å²) in [6.45, 7) is 2.24. The molecule has 0 aliphatic carbocycles. The van der Waals surface area contributed by atoms with Gasteiger partial charge in [0.25, 0.3) is 0 Å². The number of unbranched alkanes of at least 4 members (excludes halogenated alkanes) is 6. The number of rotatable bonds is 10. The van der Waals surface area contributed by atoms with Crippen LogP contribution in [0, 0.1) is 0 Å². The maximum Gasteiger partial charge on any atom is -0.00676 e. The monoisotopic (exact) mass is 220 g/mol. The summed E-state index contributed by atoms with van der Waals surface area (Å²) in [6, 6.07) is 0. The van der Waals surface area contributed by atoms with Crippen LogP contribution in [0.25, 0.3) is 0 Å². The highest BCUT2D eigenvalue weighted by molar-refractivity contribution is 7.99. The lowest BCUT2D eigenvalue weighted by molar-refractivity contribution is 0.605. The molecule has 0 atom stereocenters. The van der Waals surface area contributed by atoms with Gasteiger partial charge in [0, 0.05) is 0 Å². The minimum atomic E-state index is 1.06. The molecule has 0 heterocycles. The summed E-state index contributed by atoms with van der Waals surface area (Å²) in [4.78, 5) is 0. The fraction of sp³-hybridized carbons (Fsp3) is 1.00. The highest BCUT2D eigenvalue weighted by atomic mass is 32.2. The van der Waals surface area contributed by atoms with E-state index in [9.17, 15) is 0 Å². The van der Waals surface area contributed by atoms with Gasteiger partial charge >= 0.3 is 0 Å². The molecule has 2 heteroatoms. The second-order valence-electron chi connectivity index (χ2n) is 3.40. The van der Waals surface area contributed by atoms with Crippen LogP contribution in [0.15, 0.2) is 0 Å². The molecule has 0 fully saturated rings. The van der Waals surface area contributed by atoms with Gasteiger partial charge in [0.2, 0.25) is 0 Å². The third kappa shape index (κ3) is 12.7. The van der Waals surface area contributed by atoms with Gasteiger partial charge in [-0.05, 0) is 30.1 Å². The van der Waals surface area contributed by atoms with E-state index in [1.807, 2.05) is 0 Å². The predicted octanol–water partition coefficient (Wildman–Crippen LogP) is 4.40. The SMILES string of the molecule is CCSCCCCCCCCCS. The molecule has 0 N–H and O–H groups in total. The molecule has 0 spiro atoms. The van der Waals surface area contributed by atoms with Crippen molar-refractivity contribution < 1.29 is 0 Å². The predicted molar refractivity (Wildman–Crippen MR) is 69.2 cm³/mol. The first kappa shape index (κ1) is 13.7. The van der Waals surface area contributed by atoms with E-state index >= 15 is 0 Å². The summed E-state index contributed by atoms with van der Waals surface area (Å²) in [6.07, 6.45) is 9.84. The number of hydrogen-bond donors (Lipinski definition) is 1. The Labute approximate surface area is 93.7 Å². The van der Waals surface area contributed by atoms with Crippen LogP contribution in [0.4, 0.5) is 0 Å². The van der Waals surface area contributed by atoms with Crippen molar-refractivity contribution in [2.75, 3.05) is 17.3 Å². The van der Waals surface area contributed by atoms with Crippen molar-refractivity contribution in [1.82, 2.24) is 0 Å². The fourth-order valence-electron chi connectivity index (χ4n) is 1.34. The summed E-state index contributed by atoms with van der Waals surface area (Å²) in [5, 5.41) is 0. The first-order valence-electron chi connectivity index (χ1n) is 5.60. The molecule has 0 aromatic heterocycles. The van der Waals surface area contributed by atoms with E-state index in [1.165, 1.54) is 56.5 Å². The Balaban J connectivity index is 2.76. The second-order valence-corrected chi connectivity index (χ2v) is 5.24. The molecule has 0 aromatic carbocycles. The van der Waals surface area contributed by atoms with Gasteiger partial charge < -0.3 is 0 Å². The van der Waals surface area contributed by atoms with Crippen LogP contribution >= 0.6 is 24.4 Å². The number of thiol groups is 1. The van der Waals surface area contributed by atoms with Crippen LogP contribution in [-0.2, 0) is 0 Å². The van der Waals surface area contributed by atoms with Crippen molar-refractivity contribution in [2.45, 2.75) is 51.9 Å².